The fraction of sp³-hybridized carbons (Fsp3) is 0.571. The average molecular weight is 355 g/mol. The fourth-order valence-corrected chi connectivity index (χ4v) is 5.48. The number of benzene rings is 1. The van der Waals surface area contributed by atoms with E-state index >= 15 is 0 Å². The number of aliphatic hydroxyl groups is 1. The standard InChI is InChI=1S/C21H29N3O2/c1-4-24-12-21(19(24)13(2)3)10-17(18(25)11-21)23-20(26)15-6-5-14-7-8-22-16(14)9-15/h5-9,13,17-19,22,25H,4,10-12H2,1-3H3,(H,23,26)/t17-,18-,19?,21?/m1/s1. The molecule has 2 unspecified atom stereocenters. The quantitative estimate of drug-likeness (QED) is 0.790. The summed E-state index contributed by atoms with van der Waals surface area (Å²) < 4.78 is 0. The van der Waals surface area contributed by atoms with Crippen LogP contribution in [0.3, 0.4) is 0 Å². The van der Waals surface area contributed by atoms with Crippen LogP contribution in [0.4, 0.5) is 0 Å². The van der Waals surface area contributed by atoms with Gasteiger partial charge in [0.05, 0.1) is 12.1 Å². The highest BCUT2D eigenvalue weighted by molar-refractivity contribution is 5.98. The highest BCUT2D eigenvalue weighted by Gasteiger charge is 2.58. The Morgan fingerprint density at radius 2 is 2.19 bits per heavy atom. The summed E-state index contributed by atoms with van der Waals surface area (Å²) in [7, 11) is 0. The minimum Gasteiger partial charge on any atom is -0.391 e. The lowest BCUT2D eigenvalue weighted by Crippen LogP contribution is -2.65. The van der Waals surface area contributed by atoms with E-state index in [4.69, 9.17) is 0 Å². The Balaban J connectivity index is 1.47. The maximum atomic E-state index is 12.7. The summed E-state index contributed by atoms with van der Waals surface area (Å²) in [4.78, 5) is 18.4. The number of fused-ring (bicyclic) bond motifs is 1. The van der Waals surface area contributed by atoms with Crippen molar-refractivity contribution < 1.29 is 9.90 Å². The van der Waals surface area contributed by atoms with Gasteiger partial charge in [-0.05, 0) is 48.9 Å². The Bertz CT molecular complexity index is 814. The van der Waals surface area contributed by atoms with Crippen molar-refractivity contribution in [2.75, 3.05) is 13.1 Å². The van der Waals surface area contributed by atoms with E-state index < -0.39 is 6.10 Å². The zero-order valence-electron chi connectivity index (χ0n) is 15.8. The van der Waals surface area contributed by atoms with Crippen molar-refractivity contribution in [1.82, 2.24) is 15.2 Å². The van der Waals surface area contributed by atoms with Crippen molar-refractivity contribution in [1.29, 1.82) is 0 Å². The first-order valence-electron chi connectivity index (χ1n) is 9.73. The number of aromatic nitrogens is 1. The van der Waals surface area contributed by atoms with Gasteiger partial charge in [-0.1, -0.05) is 26.8 Å². The number of nitrogens with zero attached hydrogens (tertiary/aromatic N) is 1. The number of amides is 1. The van der Waals surface area contributed by atoms with E-state index in [1.54, 1.807) is 0 Å². The Kier molecular flexibility index (Phi) is 4.32. The maximum absolute atomic E-state index is 12.7. The molecule has 4 rings (SSSR count). The molecule has 2 aromatic rings. The van der Waals surface area contributed by atoms with Gasteiger partial charge in [0.2, 0.25) is 0 Å². The van der Waals surface area contributed by atoms with Crippen LogP contribution in [0.5, 0.6) is 0 Å². The molecule has 4 atom stereocenters. The predicted molar refractivity (Wildman–Crippen MR) is 103 cm³/mol. The average Bonchev–Trinajstić information content (AvgIpc) is 3.17. The molecular weight excluding hydrogens is 326 g/mol. The third-order valence-electron chi connectivity index (χ3n) is 6.42. The van der Waals surface area contributed by atoms with Crippen molar-refractivity contribution in [3.63, 3.8) is 0 Å². The normalized spacial score (nSPS) is 31.7. The third-order valence-corrected chi connectivity index (χ3v) is 6.42. The molecule has 2 heterocycles. The Morgan fingerprint density at radius 3 is 2.92 bits per heavy atom. The third kappa shape index (κ3) is 2.74. The molecule has 140 valence electrons. The number of hydrogen-bond acceptors (Lipinski definition) is 3. The number of hydrogen-bond donors (Lipinski definition) is 3. The van der Waals surface area contributed by atoms with E-state index in [1.165, 1.54) is 0 Å². The summed E-state index contributed by atoms with van der Waals surface area (Å²) in [6, 6.07) is 8.00. The van der Waals surface area contributed by atoms with Crippen molar-refractivity contribution >= 4 is 16.8 Å². The smallest absolute Gasteiger partial charge is 0.251 e. The van der Waals surface area contributed by atoms with Crippen LogP contribution in [0.25, 0.3) is 10.9 Å². The zero-order valence-corrected chi connectivity index (χ0v) is 15.8. The number of aliphatic hydroxyl groups excluding tert-OH is 1. The molecule has 0 radical (unpaired) electrons. The first-order valence-corrected chi connectivity index (χ1v) is 9.73. The van der Waals surface area contributed by atoms with Crippen LogP contribution in [0.15, 0.2) is 30.5 Å². The van der Waals surface area contributed by atoms with Gasteiger partial charge < -0.3 is 15.4 Å². The number of rotatable bonds is 4. The second kappa shape index (κ2) is 6.39. The molecule has 5 heteroatoms. The van der Waals surface area contributed by atoms with E-state index in [9.17, 15) is 9.90 Å². The monoisotopic (exact) mass is 355 g/mol. The topological polar surface area (TPSA) is 68.4 Å². The van der Waals surface area contributed by atoms with Crippen molar-refractivity contribution in [2.24, 2.45) is 11.3 Å². The van der Waals surface area contributed by atoms with E-state index in [0.717, 1.165) is 36.8 Å². The molecule has 1 aromatic heterocycles. The van der Waals surface area contributed by atoms with Crippen LogP contribution in [0.2, 0.25) is 0 Å². The lowest BCUT2D eigenvalue weighted by atomic mass is 9.65. The minimum atomic E-state index is -0.464. The van der Waals surface area contributed by atoms with Crippen LogP contribution in [0.1, 0.15) is 44.0 Å². The molecule has 1 aromatic carbocycles. The highest BCUT2D eigenvalue weighted by atomic mass is 16.3. The van der Waals surface area contributed by atoms with Gasteiger partial charge in [0.1, 0.15) is 0 Å². The van der Waals surface area contributed by atoms with E-state index in [0.29, 0.717) is 17.5 Å². The summed E-state index contributed by atoms with van der Waals surface area (Å²) in [5.41, 5.74) is 1.74. The van der Waals surface area contributed by atoms with Crippen LogP contribution in [0, 0.1) is 11.3 Å². The zero-order chi connectivity index (χ0) is 18.5. The summed E-state index contributed by atoms with van der Waals surface area (Å²) in [5, 5.41) is 14.8. The summed E-state index contributed by atoms with van der Waals surface area (Å²) in [6.07, 6.45) is 3.06. The molecule has 1 amide bonds. The molecule has 26 heavy (non-hydrogen) atoms. The van der Waals surface area contributed by atoms with Gasteiger partial charge >= 0.3 is 0 Å². The summed E-state index contributed by atoms with van der Waals surface area (Å²) in [6.45, 7) is 8.80. The molecule has 1 saturated carbocycles. The molecule has 5 nitrogen and oxygen atoms in total. The SMILES string of the molecule is CCN1CC2(C[C@@H](O)[C@H](NC(=O)c3ccc4cc[nH]c4c3)C2)C1C(C)C. The number of H-pyrrole nitrogens is 1. The molecule has 1 spiro atoms. The molecule has 2 aliphatic rings. The first-order chi connectivity index (χ1) is 12.4. The molecule has 2 fully saturated rings. The summed E-state index contributed by atoms with van der Waals surface area (Å²) in [5.74, 6) is 0.455. The molecular formula is C21H29N3O2. The number of carbonyl (C=O) groups excluding carboxylic acids is 1. The first kappa shape index (κ1) is 17.6. The number of aromatic amines is 1. The van der Waals surface area contributed by atoms with Gasteiger partial charge in [-0.3, -0.25) is 9.69 Å². The second-order valence-electron chi connectivity index (χ2n) is 8.45. The largest absolute Gasteiger partial charge is 0.391 e. The van der Waals surface area contributed by atoms with Crippen LogP contribution < -0.4 is 5.32 Å². The lowest BCUT2D eigenvalue weighted by molar-refractivity contribution is -0.0963. The molecule has 1 saturated heterocycles. The molecule has 0 bridgehead atoms. The van der Waals surface area contributed by atoms with Crippen molar-refractivity contribution in [2.45, 2.75) is 51.8 Å². The fourth-order valence-electron chi connectivity index (χ4n) is 5.48. The Labute approximate surface area is 154 Å². The van der Waals surface area contributed by atoms with Crippen molar-refractivity contribution in [3.05, 3.63) is 36.0 Å². The number of likely N-dealkylation sites (tertiary alicyclic amines) is 1. The van der Waals surface area contributed by atoms with E-state index in [2.05, 4.69) is 36.0 Å². The lowest BCUT2D eigenvalue weighted by Gasteiger charge is -2.58. The van der Waals surface area contributed by atoms with Gasteiger partial charge in [0.25, 0.3) is 5.91 Å². The Hall–Kier alpha value is -1.85. The molecule has 1 aliphatic heterocycles. The van der Waals surface area contributed by atoms with Crippen LogP contribution >= 0.6 is 0 Å². The van der Waals surface area contributed by atoms with Crippen LogP contribution in [-0.2, 0) is 0 Å². The second-order valence-corrected chi connectivity index (χ2v) is 8.45. The minimum absolute atomic E-state index is 0.102. The van der Waals surface area contributed by atoms with Crippen LogP contribution in [-0.4, -0.2) is 52.2 Å². The van der Waals surface area contributed by atoms with E-state index in [-0.39, 0.29) is 17.4 Å². The molecule has 3 N–H and O–H groups in total. The van der Waals surface area contributed by atoms with Gasteiger partial charge in [0.15, 0.2) is 0 Å². The Morgan fingerprint density at radius 1 is 1.38 bits per heavy atom. The van der Waals surface area contributed by atoms with Gasteiger partial charge in [0, 0.05) is 35.3 Å². The van der Waals surface area contributed by atoms with Crippen molar-refractivity contribution in [3.8, 4) is 0 Å². The summed E-state index contributed by atoms with van der Waals surface area (Å²) >= 11 is 0. The maximum Gasteiger partial charge on any atom is 0.251 e. The van der Waals surface area contributed by atoms with E-state index in [1.807, 2.05) is 30.5 Å². The van der Waals surface area contributed by atoms with Gasteiger partial charge in [-0.25, -0.2) is 0 Å². The molecule has 1 aliphatic carbocycles. The van der Waals surface area contributed by atoms with Gasteiger partial charge in [-0.2, -0.15) is 0 Å². The van der Waals surface area contributed by atoms with Gasteiger partial charge in [-0.15, -0.1) is 0 Å². The predicted octanol–water partition coefficient (Wildman–Crippen LogP) is 2.77. The highest BCUT2D eigenvalue weighted by Crippen LogP contribution is 2.52. The number of nitrogens with one attached hydrogen (secondary N) is 2. The number of carbonyl (C=O) groups is 1.